The number of rotatable bonds is 12. The van der Waals surface area contributed by atoms with Crippen LogP contribution in [0.25, 0.3) is 22.7 Å². The Morgan fingerprint density at radius 3 is 2.01 bits per heavy atom. The standard InChI is InChI=1S/C48H51F6N11O3/c1-26-8-11-34(38-19-29(4)61-62-38)36(17-26)44(66)65-16-14-31(30(5)40(65)25-56-41-13-10-32(21-55-41)47(49,50)51)20-42-60-43(68-63-42)35-12-9-27(2)18-37(35)45(67)64-15-6-7-28(3)39(64)24-59-46-57-22-33(23-58-46)48(52,53)54/h8-13,17-19,21-23,28,30-31,39-40H,6-7,14-16,20,24-25H2,1-5H3,(H,55,56)(H,61,62)(H,57,58,59)/t28-,30-,31?,39-,40-/m1/s1. The summed E-state index contributed by atoms with van der Waals surface area (Å²) in [5, 5.41) is 17.9. The fraction of sp³-hybridized carbons (Fsp3) is 0.417. The van der Waals surface area contributed by atoms with Crippen LogP contribution in [0.1, 0.15) is 87.6 Å². The van der Waals surface area contributed by atoms with E-state index in [0.717, 1.165) is 54.3 Å². The lowest BCUT2D eigenvalue weighted by Gasteiger charge is -2.44. The summed E-state index contributed by atoms with van der Waals surface area (Å²) in [5.41, 5.74) is 3.31. The minimum Gasteiger partial charge on any atom is -0.368 e. The van der Waals surface area contributed by atoms with Gasteiger partial charge in [-0.1, -0.05) is 48.3 Å². The van der Waals surface area contributed by atoms with Crippen LogP contribution in [0.4, 0.5) is 38.1 Å². The third-order valence-corrected chi connectivity index (χ3v) is 13.1. The first-order valence-corrected chi connectivity index (χ1v) is 22.4. The van der Waals surface area contributed by atoms with Crippen LogP contribution >= 0.6 is 0 Å². The molecule has 2 aromatic carbocycles. The highest BCUT2D eigenvalue weighted by atomic mass is 19.4. The summed E-state index contributed by atoms with van der Waals surface area (Å²) in [6.07, 6.45) is -4.38. The lowest BCUT2D eigenvalue weighted by atomic mass is 9.78. The summed E-state index contributed by atoms with van der Waals surface area (Å²) in [6, 6.07) is 14.4. The van der Waals surface area contributed by atoms with Gasteiger partial charge in [0.25, 0.3) is 17.7 Å². The van der Waals surface area contributed by atoms with Crippen molar-refractivity contribution >= 4 is 23.6 Å². The largest absolute Gasteiger partial charge is 0.419 e. The topological polar surface area (TPSA) is 171 Å². The van der Waals surface area contributed by atoms with E-state index in [4.69, 9.17) is 9.51 Å². The van der Waals surface area contributed by atoms with Gasteiger partial charge in [-0.05, 0) is 94.2 Å². The molecule has 2 aliphatic rings. The number of hydrogen-bond donors (Lipinski definition) is 3. The molecular weight excluding hydrogens is 893 g/mol. The fourth-order valence-corrected chi connectivity index (χ4v) is 9.26. The number of benzene rings is 2. The Kier molecular flexibility index (Phi) is 13.6. The van der Waals surface area contributed by atoms with E-state index in [1.807, 2.05) is 69.9 Å². The van der Waals surface area contributed by atoms with Gasteiger partial charge in [0.05, 0.1) is 45.7 Å². The van der Waals surface area contributed by atoms with Crippen LogP contribution in [0.15, 0.2) is 77.7 Å². The van der Waals surface area contributed by atoms with E-state index < -0.39 is 29.5 Å². The number of hydrogen-bond acceptors (Lipinski definition) is 11. The van der Waals surface area contributed by atoms with Crippen molar-refractivity contribution in [2.75, 3.05) is 36.8 Å². The predicted molar refractivity (Wildman–Crippen MR) is 240 cm³/mol. The monoisotopic (exact) mass is 943 g/mol. The van der Waals surface area contributed by atoms with Crippen LogP contribution in [-0.4, -0.2) is 95.2 Å². The van der Waals surface area contributed by atoms with Crippen molar-refractivity contribution in [1.82, 2.24) is 45.1 Å². The Balaban J connectivity index is 1.02. The van der Waals surface area contributed by atoms with E-state index in [2.05, 4.69) is 40.9 Å². The Labute approximate surface area is 388 Å². The smallest absolute Gasteiger partial charge is 0.368 e. The van der Waals surface area contributed by atoms with Crippen LogP contribution in [0, 0.1) is 38.5 Å². The highest BCUT2D eigenvalue weighted by Crippen LogP contribution is 2.37. The third-order valence-electron chi connectivity index (χ3n) is 13.1. The van der Waals surface area contributed by atoms with E-state index >= 15 is 0 Å². The van der Waals surface area contributed by atoms with E-state index in [-0.39, 0.29) is 66.4 Å². The number of amides is 2. The number of halogens is 6. The Bertz CT molecular complexity index is 2740. The van der Waals surface area contributed by atoms with Gasteiger partial charge in [0, 0.05) is 62.3 Å². The first kappa shape index (κ1) is 47.6. The van der Waals surface area contributed by atoms with Crippen molar-refractivity contribution in [3.05, 3.63) is 118 Å². The van der Waals surface area contributed by atoms with Gasteiger partial charge in [0.15, 0.2) is 5.82 Å². The second-order valence-corrected chi connectivity index (χ2v) is 17.9. The summed E-state index contributed by atoms with van der Waals surface area (Å²) < 4.78 is 85.3. The van der Waals surface area contributed by atoms with Crippen molar-refractivity contribution in [1.29, 1.82) is 0 Å². The number of pyridine rings is 1. The average molecular weight is 944 g/mol. The molecule has 2 amide bonds. The highest BCUT2D eigenvalue weighted by Gasteiger charge is 2.40. The average Bonchev–Trinajstić information content (AvgIpc) is 3.96. The number of H-pyrrole nitrogens is 1. The summed E-state index contributed by atoms with van der Waals surface area (Å²) in [4.78, 5) is 49.4. The molecule has 2 fully saturated rings. The molecule has 358 valence electrons. The van der Waals surface area contributed by atoms with Gasteiger partial charge in [-0.2, -0.15) is 36.4 Å². The first-order chi connectivity index (χ1) is 32.3. The number of carbonyl (C=O) groups is 2. The van der Waals surface area contributed by atoms with Gasteiger partial charge in [0.1, 0.15) is 5.82 Å². The molecule has 3 N–H and O–H groups in total. The molecule has 0 radical (unpaired) electrons. The highest BCUT2D eigenvalue weighted by molar-refractivity contribution is 6.01. The number of aromatic nitrogens is 7. The van der Waals surface area contributed by atoms with Crippen LogP contribution in [0.3, 0.4) is 0 Å². The maximum atomic E-state index is 14.7. The number of alkyl halides is 6. The molecule has 14 nitrogen and oxygen atoms in total. The molecular formula is C48H51F6N11O3. The normalized spacial score (nSPS) is 20.1. The zero-order valence-electron chi connectivity index (χ0n) is 38.0. The molecule has 2 saturated heterocycles. The molecule has 0 saturated carbocycles. The predicted octanol–water partition coefficient (Wildman–Crippen LogP) is 9.45. The summed E-state index contributed by atoms with van der Waals surface area (Å²) >= 11 is 0. The number of nitrogens with zero attached hydrogens (tertiary/aromatic N) is 8. The van der Waals surface area contributed by atoms with Gasteiger partial charge in [0.2, 0.25) is 5.95 Å². The number of likely N-dealkylation sites (tertiary alicyclic amines) is 2. The summed E-state index contributed by atoms with van der Waals surface area (Å²) in [6.45, 7) is 10.9. The molecule has 6 aromatic rings. The summed E-state index contributed by atoms with van der Waals surface area (Å²) in [7, 11) is 0. The molecule has 1 unspecified atom stereocenters. The molecule has 2 aliphatic heterocycles. The van der Waals surface area contributed by atoms with Crippen LogP contribution in [0.5, 0.6) is 0 Å². The maximum Gasteiger partial charge on any atom is 0.419 e. The van der Waals surface area contributed by atoms with Gasteiger partial charge >= 0.3 is 12.4 Å². The van der Waals surface area contributed by atoms with Crippen LogP contribution in [0.2, 0.25) is 0 Å². The molecule has 5 atom stereocenters. The van der Waals surface area contributed by atoms with Gasteiger partial charge in [-0.3, -0.25) is 14.7 Å². The number of carbonyl (C=O) groups excluding carboxylic acids is 2. The minimum atomic E-state index is -4.57. The quantitative estimate of drug-likeness (QED) is 0.0999. The summed E-state index contributed by atoms with van der Waals surface area (Å²) in [5.74, 6) is 0.107. The number of piperidine rings is 2. The van der Waals surface area contributed by atoms with E-state index in [9.17, 15) is 35.9 Å². The van der Waals surface area contributed by atoms with Crippen LogP contribution < -0.4 is 10.6 Å². The molecule has 0 spiro atoms. The van der Waals surface area contributed by atoms with Gasteiger partial charge in [-0.25, -0.2) is 15.0 Å². The van der Waals surface area contributed by atoms with E-state index in [0.29, 0.717) is 59.7 Å². The molecule has 0 aliphatic carbocycles. The zero-order chi connectivity index (χ0) is 48.5. The van der Waals surface area contributed by atoms with E-state index in [1.54, 1.807) is 17.0 Å². The second-order valence-electron chi connectivity index (χ2n) is 17.9. The van der Waals surface area contributed by atoms with Crippen LogP contribution in [-0.2, 0) is 18.8 Å². The Hall–Kier alpha value is -6.86. The molecule has 4 aromatic heterocycles. The van der Waals surface area contributed by atoms with Gasteiger partial charge in [-0.15, -0.1) is 0 Å². The number of nitrogens with one attached hydrogen (secondary N) is 3. The minimum absolute atomic E-state index is 0.0175. The zero-order valence-corrected chi connectivity index (χ0v) is 38.0. The van der Waals surface area contributed by atoms with Crippen molar-refractivity contribution in [2.24, 2.45) is 17.8 Å². The lowest BCUT2D eigenvalue weighted by Crippen LogP contribution is -2.54. The maximum absolute atomic E-state index is 14.7. The number of anilines is 2. The third kappa shape index (κ3) is 10.5. The van der Waals surface area contributed by atoms with Crippen molar-refractivity contribution < 1.29 is 40.5 Å². The molecule has 68 heavy (non-hydrogen) atoms. The second kappa shape index (κ2) is 19.4. The Morgan fingerprint density at radius 1 is 0.750 bits per heavy atom. The van der Waals surface area contributed by atoms with Gasteiger partial charge < -0.3 is 25.0 Å². The number of aryl methyl sites for hydroxylation is 3. The molecule has 0 bridgehead atoms. The van der Waals surface area contributed by atoms with E-state index in [1.165, 1.54) is 6.07 Å². The SMILES string of the molecule is Cc1ccc(-c2cc(C)n[nH]2)c(C(=O)N2CCC(Cc3noc(-c4ccc(C)cc4C(=O)N4CCC[C@@H](C)[C@H]4CNc4ncc(C(F)(F)F)cn4)n3)[C@@H](C)[C@H]2CNc2ccc(C(F)(F)F)cn2)c1. The van der Waals surface area contributed by atoms with Crippen molar-refractivity contribution in [3.8, 4) is 22.7 Å². The molecule has 8 rings (SSSR count). The Morgan fingerprint density at radius 2 is 1.38 bits per heavy atom. The number of aromatic amines is 1. The van der Waals surface area contributed by atoms with Crippen molar-refractivity contribution in [3.63, 3.8) is 0 Å². The fourth-order valence-electron chi connectivity index (χ4n) is 9.26. The molecule has 20 heteroatoms. The van der Waals surface area contributed by atoms with Crippen molar-refractivity contribution in [2.45, 2.75) is 84.7 Å². The first-order valence-electron chi connectivity index (χ1n) is 22.4. The lowest BCUT2D eigenvalue weighted by molar-refractivity contribution is -0.138. The molecule has 6 heterocycles.